The smallest absolute Gasteiger partial charge is 0.356 e. The van der Waals surface area contributed by atoms with Crippen LogP contribution < -0.4 is 5.32 Å². The van der Waals surface area contributed by atoms with Gasteiger partial charge in [0.1, 0.15) is 0 Å². The van der Waals surface area contributed by atoms with E-state index in [1.807, 2.05) is 0 Å². The summed E-state index contributed by atoms with van der Waals surface area (Å²) >= 11 is 0. The lowest BCUT2D eigenvalue weighted by molar-refractivity contribution is 0.0693. The molecule has 2 N–H and O–H groups in total. The Morgan fingerprint density at radius 1 is 1.50 bits per heavy atom. The molecule has 6 heteroatoms. The second kappa shape index (κ2) is 4.70. The molecule has 0 saturated heterocycles. The zero-order chi connectivity index (χ0) is 13.1. The van der Waals surface area contributed by atoms with Crippen LogP contribution in [0.1, 0.15) is 21.1 Å². The van der Waals surface area contributed by atoms with Crippen molar-refractivity contribution in [3.63, 3.8) is 0 Å². The fourth-order valence-corrected chi connectivity index (χ4v) is 1.60. The Labute approximate surface area is 103 Å². The molecule has 2 aromatic heterocycles. The minimum absolute atomic E-state index is 0.0462. The minimum atomic E-state index is -1.17. The van der Waals surface area contributed by atoms with Gasteiger partial charge in [0, 0.05) is 12.7 Å². The summed E-state index contributed by atoms with van der Waals surface area (Å²) in [6.07, 6.45) is 3.13. The number of nitrogens with one attached hydrogen (secondary N) is 1. The highest BCUT2D eigenvalue weighted by Gasteiger charge is 2.20. The number of carboxylic acid groups (broad SMARTS) is 1. The van der Waals surface area contributed by atoms with Gasteiger partial charge in [0.25, 0.3) is 5.91 Å². The molecule has 0 aliphatic rings. The quantitative estimate of drug-likeness (QED) is 0.785. The normalized spacial score (nSPS) is 10.2. The summed E-state index contributed by atoms with van der Waals surface area (Å²) in [5.41, 5.74) is 0.244. The molecular formula is C12H11N3O3. The minimum Gasteiger partial charge on any atom is -0.476 e. The molecule has 0 spiro atoms. The number of carbonyl (C=O) groups is 2. The molecule has 0 aromatic carbocycles. The fraction of sp³-hybridized carbons (Fsp3) is 0.0833. The highest BCUT2D eigenvalue weighted by molar-refractivity contribution is 5.98. The number of carbonyl (C=O) groups excluding carboxylic acids is 1. The molecule has 2 heterocycles. The Kier molecular flexibility index (Phi) is 3.09. The summed E-state index contributed by atoms with van der Waals surface area (Å²) in [6.45, 7) is 3.78. The van der Waals surface area contributed by atoms with Crippen LogP contribution in [0.25, 0.3) is 5.52 Å². The number of fused-ring (bicyclic) bond motifs is 1. The van der Waals surface area contributed by atoms with Gasteiger partial charge in [0.15, 0.2) is 5.69 Å². The van der Waals surface area contributed by atoms with Crippen LogP contribution in [0.4, 0.5) is 0 Å². The summed E-state index contributed by atoms with van der Waals surface area (Å²) in [7, 11) is 0. The van der Waals surface area contributed by atoms with Crippen molar-refractivity contribution in [3.8, 4) is 0 Å². The molecule has 92 valence electrons. The number of amides is 1. The lowest BCUT2D eigenvalue weighted by Gasteiger charge is -2.00. The van der Waals surface area contributed by atoms with E-state index in [1.54, 1.807) is 24.4 Å². The first-order chi connectivity index (χ1) is 8.65. The van der Waals surface area contributed by atoms with Gasteiger partial charge in [0.2, 0.25) is 5.82 Å². The van der Waals surface area contributed by atoms with Crippen LogP contribution in [-0.4, -0.2) is 32.9 Å². The number of imidazole rings is 1. The van der Waals surface area contributed by atoms with E-state index >= 15 is 0 Å². The molecule has 0 fully saturated rings. The second-order valence-electron chi connectivity index (χ2n) is 3.54. The average Bonchev–Trinajstić information content (AvgIpc) is 2.75. The van der Waals surface area contributed by atoms with Gasteiger partial charge in [-0.1, -0.05) is 12.1 Å². The van der Waals surface area contributed by atoms with Crippen LogP contribution in [0.3, 0.4) is 0 Å². The van der Waals surface area contributed by atoms with Crippen LogP contribution in [0.5, 0.6) is 0 Å². The maximum atomic E-state index is 11.8. The maximum Gasteiger partial charge on any atom is 0.356 e. The van der Waals surface area contributed by atoms with Crippen molar-refractivity contribution in [2.75, 3.05) is 6.54 Å². The third-order valence-corrected chi connectivity index (χ3v) is 2.36. The van der Waals surface area contributed by atoms with Gasteiger partial charge in [-0.3, -0.25) is 9.20 Å². The molecule has 18 heavy (non-hydrogen) atoms. The van der Waals surface area contributed by atoms with E-state index < -0.39 is 11.9 Å². The van der Waals surface area contributed by atoms with E-state index in [1.165, 1.54) is 10.5 Å². The Morgan fingerprint density at radius 3 is 2.94 bits per heavy atom. The van der Waals surface area contributed by atoms with Crippen LogP contribution in [-0.2, 0) is 0 Å². The molecule has 0 aliphatic heterocycles. The lowest BCUT2D eigenvalue weighted by atomic mass is 10.3. The van der Waals surface area contributed by atoms with E-state index in [4.69, 9.17) is 5.11 Å². The van der Waals surface area contributed by atoms with E-state index in [0.29, 0.717) is 12.1 Å². The van der Waals surface area contributed by atoms with Crippen molar-refractivity contribution in [1.82, 2.24) is 14.7 Å². The molecule has 2 rings (SSSR count). The molecule has 0 bridgehead atoms. The molecule has 0 unspecified atom stereocenters. The molecular weight excluding hydrogens is 234 g/mol. The molecule has 6 nitrogen and oxygen atoms in total. The van der Waals surface area contributed by atoms with Crippen LogP contribution in [0.2, 0.25) is 0 Å². The number of rotatable bonds is 4. The number of aromatic nitrogens is 2. The summed E-state index contributed by atoms with van der Waals surface area (Å²) < 4.78 is 1.45. The van der Waals surface area contributed by atoms with Crippen LogP contribution in [0.15, 0.2) is 37.1 Å². The highest BCUT2D eigenvalue weighted by Crippen LogP contribution is 2.13. The van der Waals surface area contributed by atoms with Crippen LogP contribution in [0, 0.1) is 0 Å². The van der Waals surface area contributed by atoms with Gasteiger partial charge in [-0.25, -0.2) is 9.78 Å². The van der Waals surface area contributed by atoms with Crippen molar-refractivity contribution >= 4 is 17.4 Å². The third-order valence-electron chi connectivity index (χ3n) is 2.36. The Balaban J connectivity index is 2.54. The molecule has 1 amide bonds. The number of pyridine rings is 1. The summed E-state index contributed by atoms with van der Waals surface area (Å²) in [5, 5.41) is 11.6. The number of nitrogens with zero attached hydrogens (tertiary/aromatic N) is 2. The standard InChI is InChI=1S/C12H11N3O3/c1-2-6-13-11(16)10-14-9(12(17)18)8-5-3-4-7-15(8)10/h2-5,7H,1,6H2,(H,13,16)(H,17,18). The number of aromatic carboxylic acids is 1. The van der Waals surface area contributed by atoms with Crippen molar-refractivity contribution < 1.29 is 14.7 Å². The first-order valence-electron chi connectivity index (χ1n) is 5.24. The topological polar surface area (TPSA) is 83.7 Å². The Bertz CT molecular complexity index is 631. The van der Waals surface area contributed by atoms with E-state index in [2.05, 4.69) is 16.9 Å². The van der Waals surface area contributed by atoms with Gasteiger partial charge in [0.05, 0.1) is 5.52 Å². The zero-order valence-corrected chi connectivity index (χ0v) is 9.46. The predicted molar refractivity (Wildman–Crippen MR) is 64.7 cm³/mol. The third kappa shape index (κ3) is 1.95. The van der Waals surface area contributed by atoms with Gasteiger partial charge in [-0.2, -0.15) is 0 Å². The van der Waals surface area contributed by atoms with Crippen molar-refractivity contribution in [1.29, 1.82) is 0 Å². The number of hydrogen-bond acceptors (Lipinski definition) is 3. The molecule has 0 atom stereocenters. The van der Waals surface area contributed by atoms with Crippen molar-refractivity contribution in [3.05, 3.63) is 48.6 Å². The van der Waals surface area contributed by atoms with Gasteiger partial charge >= 0.3 is 5.97 Å². The predicted octanol–water partition coefficient (Wildman–Crippen LogP) is 0.948. The van der Waals surface area contributed by atoms with Gasteiger partial charge in [-0.15, -0.1) is 6.58 Å². The Hall–Kier alpha value is -2.63. The fourth-order valence-electron chi connectivity index (χ4n) is 1.60. The number of hydrogen-bond donors (Lipinski definition) is 2. The lowest BCUT2D eigenvalue weighted by Crippen LogP contribution is -2.25. The summed E-state index contributed by atoms with van der Waals surface area (Å²) in [4.78, 5) is 26.7. The molecule has 2 aromatic rings. The van der Waals surface area contributed by atoms with E-state index in [-0.39, 0.29) is 11.5 Å². The van der Waals surface area contributed by atoms with Gasteiger partial charge < -0.3 is 10.4 Å². The average molecular weight is 245 g/mol. The first kappa shape index (κ1) is 11.8. The molecule has 0 aliphatic carbocycles. The highest BCUT2D eigenvalue weighted by atomic mass is 16.4. The second-order valence-corrected chi connectivity index (χ2v) is 3.54. The monoisotopic (exact) mass is 245 g/mol. The SMILES string of the molecule is C=CCNC(=O)c1nc(C(=O)O)c2ccccn12. The Morgan fingerprint density at radius 2 is 2.28 bits per heavy atom. The van der Waals surface area contributed by atoms with Crippen molar-refractivity contribution in [2.24, 2.45) is 0 Å². The first-order valence-corrected chi connectivity index (χ1v) is 5.24. The van der Waals surface area contributed by atoms with E-state index in [9.17, 15) is 9.59 Å². The maximum absolute atomic E-state index is 11.8. The van der Waals surface area contributed by atoms with Crippen molar-refractivity contribution in [2.45, 2.75) is 0 Å². The summed E-state index contributed by atoms with van der Waals surface area (Å²) in [6, 6.07) is 4.99. The van der Waals surface area contributed by atoms with E-state index in [0.717, 1.165) is 0 Å². The number of carboxylic acids is 1. The largest absolute Gasteiger partial charge is 0.476 e. The molecule has 0 saturated carbocycles. The summed E-state index contributed by atoms with van der Waals surface area (Å²) in [5.74, 6) is -1.56. The zero-order valence-electron chi connectivity index (χ0n) is 9.46. The van der Waals surface area contributed by atoms with Gasteiger partial charge in [-0.05, 0) is 12.1 Å². The van der Waals surface area contributed by atoms with Crippen LogP contribution >= 0.6 is 0 Å². The molecule has 0 radical (unpaired) electrons.